The fourth-order valence-electron chi connectivity index (χ4n) is 10.4. The number of benzene rings is 4. The Bertz CT molecular complexity index is 2830. The molecule has 2 amide bonds. The summed E-state index contributed by atoms with van der Waals surface area (Å²) in [6.07, 6.45) is 7.00. The number of hydrogen-bond acceptors (Lipinski definition) is 12. The van der Waals surface area contributed by atoms with E-state index in [0.717, 1.165) is 67.7 Å². The van der Waals surface area contributed by atoms with Crippen molar-refractivity contribution in [3.8, 4) is 11.5 Å². The summed E-state index contributed by atoms with van der Waals surface area (Å²) in [5, 5.41) is 15.5. The minimum absolute atomic E-state index is 0.0114. The van der Waals surface area contributed by atoms with Crippen LogP contribution < -0.4 is 25.1 Å². The molecule has 1 aliphatic carbocycles. The van der Waals surface area contributed by atoms with Gasteiger partial charge in [0.25, 0.3) is 0 Å². The molecule has 6 aromatic rings. The summed E-state index contributed by atoms with van der Waals surface area (Å²) in [5.74, 6) is -0.331. The Balaban J connectivity index is 0.736. The van der Waals surface area contributed by atoms with Gasteiger partial charge in [0.1, 0.15) is 58.6 Å². The lowest BCUT2D eigenvalue weighted by Crippen LogP contribution is -2.48. The molecule has 4 atom stereocenters. The van der Waals surface area contributed by atoms with E-state index in [1.165, 1.54) is 29.5 Å². The largest absolute Gasteiger partial charge is 0.507 e. The number of nitrogens with zero attached hydrogens (tertiary/aromatic N) is 7. The number of carbonyl (C=O) groups excluding carboxylic acids is 1. The molecule has 10 rings (SSSR count). The first-order valence-corrected chi connectivity index (χ1v) is 25.1. The number of carbonyl (C=O) groups is 1. The van der Waals surface area contributed by atoms with Crippen molar-refractivity contribution >= 4 is 34.9 Å². The van der Waals surface area contributed by atoms with E-state index in [4.69, 9.17) is 18.6 Å². The standard InChI is InChI=1S/C53H57F2N7O7S/c1-35(2)62-51(65)61(31-53(62,70-3)22-21-43-28-46(63)49(50(64)68-43)48(37-9-10-37)36-7-5-4-6-8-36)41-14-12-39(13-15-41)58-23-25-59(26-24-58)40-16-18-42(19-17-40)66-29-47-67-32-52(69-47,30-60-34-56-33-57-60)44-20-11-38(54)27-45(44)55/h4-8,11-20,27-28,33-35,37,47-48,63H,9-10,21-26,29-32H2,1-3H3/t47-,48?,52+,53?/m0/s1. The topological polar surface area (TPSA) is 139 Å². The predicted octanol–water partition coefficient (Wildman–Crippen LogP) is 8.77. The van der Waals surface area contributed by atoms with E-state index in [1.807, 2.05) is 96.6 Å². The summed E-state index contributed by atoms with van der Waals surface area (Å²) in [6.45, 7) is 7.89. The average Bonchev–Trinajstić information content (AvgIpc) is 3.76. The molecule has 366 valence electrons. The fourth-order valence-corrected chi connectivity index (χ4v) is 11.5. The first kappa shape index (κ1) is 47.3. The van der Waals surface area contributed by atoms with E-state index in [9.17, 15) is 19.1 Å². The maximum Gasteiger partial charge on any atom is 0.343 e. The van der Waals surface area contributed by atoms with Gasteiger partial charge in [0.15, 0.2) is 6.29 Å². The minimum Gasteiger partial charge on any atom is -0.507 e. The molecule has 2 aromatic heterocycles. The van der Waals surface area contributed by atoms with Crippen LogP contribution in [0.2, 0.25) is 0 Å². The Morgan fingerprint density at radius 2 is 1.57 bits per heavy atom. The van der Waals surface area contributed by atoms with Gasteiger partial charge in [0, 0.05) is 79.3 Å². The Kier molecular flexibility index (Phi) is 13.3. The Labute approximate surface area is 409 Å². The second kappa shape index (κ2) is 19.8. The van der Waals surface area contributed by atoms with Gasteiger partial charge in [-0.3, -0.25) is 4.90 Å². The number of piperazine rings is 1. The third kappa shape index (κ3) is 9.58. The first-order valence-electron chi connectivity index (χ1n) is 23.9. The average molecular weight is 974 g/mol. The van der Waals surface area contributed by atoms with Gasteiger partial charge in [-0.15, -0.1) is 11.8 Å². The van der Waals surface area contributed by atoms with Crippen LogP contribution in [0.3, 0.4) is 0 Å². The Hall–Kier alpha value is -6.43. The number of urea groups is 1. The molecule has 1 saturated carbocycles. The molecule has 70 heavy (non-hydrogen) atoms. The van der Waals surface area contributed by atoms with Crippen LogP contribution >= 0.6 is 11.8 Å². The molecule has 3 aliphatic heterocycles. The fraction of sp³-hybridized carbons (Fsp3) is 0.396. The van der Waals surface area contributed by atoms with E-state index in [1.54, 1.807) is 17.8 Å². The van der Waals surface area contributed by atoms with Crippen molar-refractivity contribution in [1.82, 2.24) is 19.7 Å². The molecule has 5 heterocycles. The number of amides is 2. The number of halogens is 2. The van der Waals surface area contributed by atoms with Crippen molar-refractivity contribution in [2.45, 2.75) is 74.8 Å². The number of rotatable bonds is 17. The second-order valence-corrected chi connectivity index (χ2v) is 20.0. The molecule has 2 unspecified atom stereocenters. The van der Waals surface area contributed by atoms with E-state index >= 15 is 4.39 Å². The highest BCUT2D eigenvalue weighted by molar-refractivity contribution is 8.00. The first-order chi connectivity index (χ1) is 33.9. The number of hydrogen-bond donors (Lipinski definition) is 1. The summed E-state index contributed by atoms with van der Waals surface area (Å²) in [4.78, 5) is 39.6. The van der Waals surface area contributed by atoms with E-state index in [0.29, 0.717) is 42.4 Å². The summed E-state index contributed by atoms with van der Waals surface area (Å²) in [6, 6.07) is 30.8. The smallest absolute Gasteiger partial charge is 0.343 e. The van der Waals surface area contributed by atoms with Crippen LogP contribution in [-0.2, 0) is 28.0 Å². The minimum atomic E-state index is -1.26. The normalized spacial score (nSPS) is 22.1. The molecule has 1 N–H and O–H groups in total. The summed E-state index contributed by atoms with van der Waals surface area (Å²) in [5.41, 5.74) is 2.69. The van der Waals surface area contributed by atoms with Crippen molar-refractivity contribution in [1.29, 1.82) is 0 Å². The van der Waals surface area contributed by atoms with Gasteiger partial charge in [0.05, 0.1) is 25.3 Å². The zero-order chi connectivity index (χ0) is 48.6. The van der Waals surface area contributed by atoms with Gasteiger partial charge >= 0.3 is 11.7 Å². The predicted molar refractivity (Wildman–Crippen MR) is 264 cm³/mol. The zero-order valence-electron chi connectivity index (χ0n) is 39.5. The van der Waals surface area contributed by atoms with Crippen molar-refractivity contribution < 1.29 is 37.3 Å². The van der Waals surface area contributed by atoms with Gasteiger partial charge in [-0.25, -0.2) is 28.0 Å². The van der Waals surface area contributed by atoms with Gasteiger partial charge in [-0.1, -0.05) is 36.4 Å². The third-order valence-electron chi connectivity index (χ3n) is 14.1. The van der Waals surface area contributed by atoms with E-state index in [-0.39, 0.29) is 49.1 Å². The number of thioether (sulfide) groups is 1. The number of anilines is 3. The SMILES string of the molecule is CSC1(CCc2cc(O)c(C(c3ccccc3)C3CC3)c(=O)o2)CN(c2ccc(N3CCN(c4ccc(OC[C@H]5OC[C@](Cn6cncn6)(c6ccc(F)cc6F)O5)cc4)CC3)cc2)C(=O)N1C(C)C. The molecular formula is C53H57F2N7O7S. The van der Waals surface area contributed by atoms with Crippen molar-refractivity contribution in [3.63, 3.8) is 0 Å². The molecule has 17 heteroatoms. The Morgan fingerprint density at radius 3 is 2.19 bits per heavy atom. The van der Waals surface area contributed by atoms with Crippen molar-refractivity contribution in [3.05, 3.63) is 160 Å². The summed E-state index contributed by atoms with van der Waals surface area (Å²) in [7, 11) is 0. The number of aryl methyl sites for hydroxylation is 1. The third-order valence-corrected chi connectivity index (χ3v) is 15.4. The van der Waals surface area contributed by atoms with Crippen molar-refractivity contribution in [2.75, 3.05) is 66.9 Å². The molecule has 14 nitrogen and oxygen atoms in total. The van der Waals surface area contributed by atoms with Gasteiger partial charge in [-0.2, -0.15) is 5.10 Å². The quantitative estimate of drug-likeness (QED) is 0.0935. The molecule has 4 fully saturated rings. The Morgan fingerprint density at radius 1 is 0.886 bits per heavy atom. The van der Waals surface area contributed by atoms with Crippen LogP contribution in [0.25, 0.3) is 0 Å². The molecule has 4 aliphatic rings. The van der Waals surface area contributed by atoms with Gasteiger partial charge in [0.2, 0.25) is 0 Å². The number of ether oxygens (including phenoxy) is 3. The highest BCUT2D eigenvalue weighted by Gasteiger charge is 2.51. The van der Waals surface area contributed by atoms with E-state index in [2.05, 4.69) is 32.0 Å². The van der Waals surface area contributed by atoms with Crippen LogP contribution in [0.15, 0.2) is 125 Å². The lowest BCUT2D eigenvalue weighted by molar-refractivity contribution is -0.117. The highest BCUT2D eigenvalue weighted by Crippen LogP contribution is 2.48. The van der Waals surface area contributed by atoms with Gasteiger partial charge < -0.3 is 38.4 Å². The van der Waals surface area contributed by atoms with E-state index < -0.39 is 34.0 Å². The highest BCUT2D eigenvalue weighted by atomic mass is 32.2. The van der Waals surface area contributed by atoms with Crippen LogP contribution in [0.4, 0.5) is 30.6 Å². The molecule has 0 radical (unpaired) electrons. The lowest BCUT2D eigenvalue weighted by atomic mass is 9.87. The monoisotopic (exact) mass is 973 g/mol. The molecular weight excluding hydrogens is 917 g/mol. The summed E-state index contributed by atoms with van der Waals surface area (Å²) >= 11 is 1.62. The molecule has 0 bridgehead atoms. The maximum absolute atomic E-state index is 15.0. The zero-order valence-corrected chi connectivity index (χ0v) is 40.3. The van der Waals surface area contributed by atoms with Crippen LogP contribution in [0, 0.1) is 17.6 Å². The molecule has 3 saturated heterocycles. The van der Waals surface area contributed by atoms with Crippen LogP contribution in [0.5, 0.6) is 11.5 Å². The van der Waals surface area contributed by atoms with Gasteiger partial charge in [-0.05, 0) is 105 Å². The number of aromatic hydroxyl groups is 1. The summed E-state index contributed by atoms with van der Waals surface area (Å²) < 4.78 is 54.6. The molecule has 0 spiro atoms. The second-order valence-electron chi connectivity index (χ2n) is 18.9. The lowest BCUT2D eigenvalue weighted by Gasteiger charge is -2.38. The maximum atomic E-state index is 15.0. The number of aromatic nitrogens is 3. The van der Waals surface area contributed by atoms with Crippen LogP contribution in [0.1, 0.15) is 61.5 Å². The molecule has 4 aromatic carbocycles. The van der Waals surface area contributed by atoms with Crippen molar-refractivity contribution in [2.24, 2.45) is 5.92 Å². The van der Waals surface area contributed by atoms with Crippen LogP contribution in [-0.4, -0.2) is 100 Å².